The van der Waals surface area contributed by atoms with E-state index in [4.69, 9.17) is 5.73 Å². The summed E-state index contributed by atoms with van der Waals surface area (Å²) in [6.07, 6.45) is 3.99. The molecule has 0 aromatic carbocycles. The highest BCUT2D eigenvalue weighted by Crippen LogP contribution is 2.56. The third kappa shape index (κ3) is 1.76. The third-order valence-corrected chi connectivity index (χ3v) is 3.02. The normalized spacial score (nSPS) is 22.4. The Bertz CT molecular complexity index is 137. The lowest BCUT2D eigenvalue weighted by atomic mass is 9.79. The van der Waals surface area contributed by atoms with Crippen molar-refractivity contribution in [3.63, 3.8) is 0 Å². The van der Waals surface area contributed by atoms with E-state index >= 15 is 0 Å². The minimum Gasteiger partial charge on any atom is -0.325 e. The van der Waals surface area contributed by atoms with Gasteiger partial charge in [0.25, 0.3) is 0 Å². The Morgan fingerprint density at radius 3 is 1.91 bits per heavy atom. The Balaban J connectivity index is 2.54. The van der Waals surface area contributed by atoms with Gasteiger partial charge in [-0.3, -0.25) is 0 Å². The molecule has 1 rings (SSSR count). The zero-order valence-corrected chi connectivity index (χ0v) is 8.28. The van der Waals surface area contributed by atoms with Crippen LogP contribution in [0, 0.1) is 11.3 Å². The van der Waals surface area contributed by atoms with Gasteiger partial charge in [-0.2, -0.15) is 0 Å². The van der Waals surface area contributed by atoms with Crippen LogP contribution in [0.15, 0.2) is 0 Å². The molecule has 1 aliphatic carbocycles. The van der Waals surface area contributed by atoms with E-state index in [0.717, 1.165) is 5.92 Å². The van der Waals surface area contributed by atoms with Crippen molar-refractivity contribution in [2.45, 2.75) is 52.5 Å². The van der Waals surface area contributed by atoms with Crippen LogP contribution in [-0.4, -0.2) is 5.54 Å². The van der Waals surface area contributed by atoms with Gasteiger partial charge in [0, 0.05) is 5.54 Å². The Hall–Kier alpha value is -0.0400. The number of hydrogen-bond acceptors (Lipinski definition) is 1. The van der Waals surface area contributed by atoms with Crippen molar-refractivity contribution in [1.29, 1.82) is 0 Å². The van der Waals surface area contributed by atoms with E-state index in [0.29, 0.717) is 5.41 Å². The fourth-order valence-electron chi connectivity index (χ4n) is 2.04. The molecule has 0 aromatic heterocycles. The molecule has 2 N–H and O–H groups in total. The zero-order chi connectivity index (χ0) is 8.70. The van der Waals surface area contributed by atoms with Gasteiger partial charge in [-0.25, -0.2) is 0 Å². The van der Waals surface area contributed by atoms with Crippen molar-refractivity contribution in [2.75, 3.05) is 0 Å². The van der Waals surface area contributed by atoms with E-state index in [-0.39, 0.29) is 5.54 Å². The Morgan fingerprint density at radius 2 is 1.82 bits per heavy atom. The molecule has 0 heterocycles. The highest BCUT2D eigenvalue weighted by molar-refractivity contribution is 5.06. The van der Waals surface area contributed by atoms with Crippen LogP contribution < -0.4 is 5.73 Å². The monoisotopic (exact) mass is 155 g/mol. The lowest BCUT2D eigenvalue weighted by Crippen LogP contribution is -2.43. The molecule has 1 aliphatic rings. The van der Waals surface area contributed by atoms with Crippen LogP contribution in [0.5, 0.6) is 0 Å². The fourth-order valence-corrected chi connectivity index (χ4v) is 2.04. The highest BCUT2D eigenvalue weighted by Gasteiger charge is 2.52. The van der Waals surface area contributed by atoms with Gasteiger partial charge in [-0.1, -0.05) is 13.8 Å². The fraction of sp³-hybridized carbons (Fsp3) is 1.00. The molecule has 0 aliphatic heterocycles. The van der Waals surface area contributed by atoms with Crippen molar-refractivity contribution in [3.8, 4) is 0 Å². The molecule has 0 bridgehead atoms. The molecule has 66 valence electrons. The summed E-state index contributed by atoms with van der Waals surface area (Å²) < 4.78 is 0. The average molecular weight is 155 g/mol. The van der Waals surface area contributed by atoms with Crippen molar-refractivity contribution < 1.29 is 0 Å². The highest BCUT2D eigenvalue weighted by atomic mass is 14.8. The van der Waals surface area contributed by atoms with Gasteiger partial charge in [0.05, 0.1) is 0 Å². The third-order valence-electron chi connectivity index (χ3n) is 3.02. The second kappa shape index (κ2) is 2.48. The quantitative estimate of drug-likeness (QED) is 0.666. The van der Waals surface area contributed by atoms with Crippen LogP contribution in [-0.2, 0) is 0 Å². The minimum atomic E-state index is 0.0390. The molecule has 0 aromatic rings. The standard InChI is InChI=1S/C10H21N/c1-8(2)7-10(5-6-10)9(3,4)11/h8H,5-7,11H2,1-4H3. The van der Waals surface area contributed by atoms with Crippen molar-refractivity contribution >= 4 is 0 Å². The van der Waals surface area contributed by atoms with Crippen LogP contribution in [0.1, 0.15) is 47.0 Å². The van der Waals surface area contributed by atoms with E-state index in [9.17, 15) is 0 Å². The maximum Gasteiger partial charge on any atom is 0.0154 e. The van der Waals surface area contributed by atoms with Gasteiger partial charge in [-0.05, 0) is 44.4 Å². The van der Waals surface area contributed by atoms with Crippen LogP contribution in [0.25, 0.3) is 0 Å². The first-order valence-electron chi connectivity index (χ1n) is 4.66. The van der Waals surface area contributed by atoms with Gasteiger partial charge in [-0.15, -0.1) is 0 Å². The second-order valence-electron chi connectivity index (χ2n) is 5.10. The lowest BCUT2D eigenvalue weighted by molar-refractivity contribution is 0.246. The summed E-state index contributed by atoms with van der Waals surface area (Å²) in [6, 6.07) is 0. The summed E-state index contributed by atoms with van der Waals surface area (Å²) in [7, 11) is 0. The molecular formula is C10H21N. The van der Waals surface area contributed by atoms with Crippen LogP contribution in [0.3, 0.4) is 0 Å². The van der Waals surface area contributed by atoms with Gasteiger partial charge in [0.1, 0.15) is 0 Å². The smallest absolute Gasteiger partial charge is 0.0154 e. The van der Waals surface area contributed by atoms with Gasteiger partial charge < -0.3 is 5.73 Å². The minimum absolute atomic E-state index is 0.0390. The van der Waals surface area contributed by atoms with E-state index in [1.165, 1.54) is 19.3 Å². The van der Waals surface area contributed by atoms with Gasteiger partial charge in [0.2, 0.25) is 0 Å². The molecule has 1 fully saturated rings. The van der Waals surface area contributed by atoms with Gasteiger partial charge in [0.15, 0.2) is 0 Å². The molecule has 0 spiro atoms. The van der Waals surface area contributed by atoms with Crippen molar-refractivity contribution in [1.82, 2.24) is 0 Å². The van der Waals surface area contributed by atoms with Crippen molar-refractivity contribution in [2.24, 2.45) is 17.1 Å². The van der Waals surface area contributed by atoms with E-state index in [2.05, 4.69) is 27.7 Å². The number of rotatable bonds is 3. The number of hydrogen-bond donors (Lipinski definition) is 1. The molecular weight excluding hydrogens is 134 g/mol. The van der Waals surface area contributed by atoms with E-state index in [1.54, 1.807) is 0 Å². The lowest BCUT2D eigenvalue weighted by Gasteiger charge is -2.32. The topological polar surface area (TPSA) is 26.0 Å². The Morgan fingerprint density at radius 1 is 1.36 bits per heavy atom. The second-order valence-corrected chi connectivity index (χ2v) is 5.10. The maximum atomic E-state index is 6.12. The van der Waals surface area contributed by atoms with Crippen LogP contribution >= 0.6 is 0 Å². The summed E-state index contributed by atoms with van der Waals surface area (Å²) >= 11 is 0. The molecule has 0 amide bonds. The summed E-state index contributed by atoms with van der Waals surface area (Å²) in [5.74, 6) is 0.792. The average Bonchev–Trinajstić information content (AvgIpc) is 2.42. The summed E-state index contributed by atoms with van der Waals surface area (Å²) in [4.78, 5) is 0. The van der Waals surface area contributed by atoms with Crippen LogP contribution in [0.4, 0.5) is 0 Å². The molecule has 1 saturated carbocycles. The van der Waals surface area contributed by atoms with E-state index in [1.807, 2.05) is 0 Å². The molecule has 0 saturated heterocycles. The first kappa shape index (κ1) is 9.05. The predicted octanol–water partition coefficient (Wildman–Crippen LogP) is 2.55. The molecule has 1 heteroatoms. The zero-order valence-electron chi connectivity index (χ0n) is 8.28. The van der Waals surface area contributed by atoms with Crippen LogP contribution in [0.2, 0.25) is 0 Å². The first-order valence-corrected chi connectivity index (χ1v) is 4.66. The molecule has 11 heavy (non-hydrogen) atoms. The Labute approximate surface area is 70.4 Å². The predicted molar refractivity (Wildman–Crippen MR) is 49.4 cm³/mol. The summed E-state index contributed by atoms with van der Waals surface area (Å²) in [5, 5.41) is 0. The van der Waals surface area contributed by atoms with E-state index < -0.39 is 0 Å². The first-order chi connectivity index (χ1) is 4.87. The SMILES string of the molecule is CC(C)CC1(C(C)(C)N)CC1. The van der Waals surface area contributed by atoms with Gasteiger partial charge >= 0.3 is 0 Å². The largest absolute Gasteiger partial charge is 0.325 e. The molecule has 0 radical (unpaired) electrons. The summed E-state index contributed by atoms with van der Waals surface area (Å²) in [6.45, 7) is 8.91. The molecule has 0 atom stereocenters. The summed E-state index contributed by atoms with van der Waals surface area (Å²) in [5.41, 5.74) is 6.65. The number of nitrogens with two attached hydrogens (primary N) is 1. The van der Waals surface area contributed by atoms with Crippen molar-refractivity contribution in [3.05, 3.63) is 0 Å². The molecule has 0 unspecified atom stereocenters. The maximum absolute atomic E-state index is 6.12. The Kier molecular flexibility index (Phi) is 2.04. The molecule has 1 nitrogen and oxygen atoms in total.